The molecule has 0 saturated carbocycles. The molecular formula is C14H14N7NaO2. The Morgan fingerprint density at radius 2 is 2.04 bits per heavy atom. The number of nitrogens with one attached hydrogen (secondary N) is 2. The second-order valence-corrected chi connectivity index (χ2v) is 4.59. The molecule has 0 saturated heterocycles. The van der Waals surface area contributed by atoms with E-state index in [1.165, 1.54) is 13.2 Å². The molecule has 0 aliphatic carbocycles. The summed E-state index contributed by atoms with van der Waals surface area (Å²) in [7, 11) is 1.52. The van der Waals surface area contributed by atoms with E-state index in [1.54, 1.807) is 18.2 Å². The fraction of sp³-hybridized carbons (Fsp3) is 0.0714. The number of hydrogen-bond acceptors (Lipinski definition) is 7. The number of benzene rings is 1. The molecule has 0 radical (unpaired) electrons. The van der Waals surface area contributed by atoms with Crippen molar-refractivity contribution in [1.29, 1.82) is 0 Å². The number of carbonyl (C=O) groups excluding carboxylic acids is 1. The van der Waals surface area contributed by atoms with Gasteiger partial charge in [0, 0.05) is 23.4 Å². The van der Waals surface area contributed by atoms with Crippen LogP contribution in [-0.4, -0.2) is 38.6 Å². The van der Waals surface area contributed by atoms with Crippen LogP contribution in [0.3, 0.4) is 0 Å². The number of hydrogen-bond donors (Lipinski definition) is 3. The van der Waals surface area contributed by atoms with E-state index < -0.39 is 5.91 Å². The number of tetrazole rings is 1. The molecule has 0 unspecified atom stereocenters. The van der Waals surface area contributed by atoms with Crippen LogP contribution in [0.15, 0.2) is 36.4 Å². The Bertz CT molecular complexity index is 828. The van der Waals surface area contributed by atoms with Crippen molar-refractivity contribution < 1.29 is 40.5 Å². The zero-order chi connectivity index (χ0) is 16.2. The number of rotatable bonds is 4. The first-order chi connectivity index (χ1) is 11.2. The van der Waals surface area contributed by atoms with Crippen LogP contribution in [0.25, 0.3) is 11.3 Å². The monoisotopic (exact) mass is 335 g/mol. The number of H-pyrrole nitrogens is 1. The van der Waals surface area contributed by atoms with Gasteiger partial charge in [-0.15, -0.1) is 5.10 Å². The predicted molar refractivity (Wildman–Crippen MR) is 83.9 cm³/mol. The molecule has 4 N–H and O–H groups in total. The first-order valence-electron chi connectivity index (χ1n) is 6.62. The van der Waals surface area contributed by atoms with Crippen molar-refractivity contribution in [1.82, 2.24) is 25.6 Å². The quantitative estimate of drug-likeness (QED) is 0.379. The largest absolute Gasteiger partial charge is 1.00 e. The first kappa shape index (κ1) is 17.9. The summed E-state index contributed by atoms with van der Waals surface area (Å²) in [5.41, 5.74) is 7.89. The number of carbonyl (C=O) groups is 1. The van der Waals surface area contributed by atoms with E-state index in [0.717, 1.165) is 5.56 Å². The summed E-state index contributed by atoms with van der Waals surface area (Å²) in [5.74, 6) is 0.0979. The van der Waals surface area contributed by atoms with Crippen LogP contribution in [0.5, 0.6) is 5.75 Å². The van der Waals surface area contributed by atoms with Gasteiger partial charge in [-0.05, 0) is 17.3 Å². The fourth-order valence-corrected chi connectivity index (χ4v) is 1.92. The van der Waals surface area contributed by atoms with Crippen LogP contribution in [-0.2, 0) is 0 Å². The molecule has 1 aromatic carbocycles. The second kappa shape index (κ2) is 7.86. The molecule has 3 aromatic rings. The summed E-state index contributed by atoms with van der Waals surface area (Å²) in [6.45, 7) is 0. The molecule has 24 heavy (non-hydrogen) atoms. The molecule has 1 amide bonds. The van der Waals surface area contributed by atoms with Gasteiger partial charge < -0.3 is 11.9 Å². The maximum absolute atomic E-state index is 12.2. The van der Waals surface area contributed by atoms with E-state index in [-0.39, 0.29) is 42.6 Å². The van der Waals surface area contributed by atoms with Gasteiger partial charge in [-0.1, -0.05) is 17.2 Å². The number of nitrogens with zero attached hydrogens (tertiary/aromatic N) is 4. The van der Waals surface area contributed by atoms with Crippen molar-refractivity contribution in [2.24, 2.45) is 0 Å². The minimum absolute atomic E-state index is 0. The molecule has 0 bridgehead atoms. The van der Waals surface area contributed by atoms with Gasteiger partial charge in [-0.2, -0.15) is 5.21 Å². The van der Waals surface area contributed by atoms with Gasteiger partial charge in [0.25, 0.3) is 11.9 Å². The van der Waals surface area contributed by atoms with E-state index >= 15 is 0 Å². The van der Waals surface area contributed by atoms with Crippen molar-refractivity contribution in [3.63, 3.8) is 0 Å². The van der Waals surface area contributed by atoms with Gasteiger partial charge in [0.2, 0.25) is 0 Å². The Hall–Kier alpha value is -2.49. The molecule has 2 aromatic heterocycles. The third kappa shape index (κ3) is 4.07. The van der Waals surface area contributed by atoms with E-state index in [9.17, 15) is 4.79 Å². The third-order valence-electron chi connectivity index (χ3n) is 3.04. The number of nitrogen functional groups attached to an aromatic ring is 1. The molecule has 9 nitrogen and oxygen atoms in total. The smallest absolute Gasteiger partial charge is 1.00 e. The summed E-state index contributed by atoms with van der Waals surface area (Å²) in [6.07, 6.45) is 0. The Labute approximate surface area is 160 Å². The topological polar surface area (TPSA) is 132 Å². The molecule has 0 spiro atoms. The molecule has 0 fully saturated rings. The number of pyridine rings is 1. The fourth-order valence-electron chi connectivity index (χ4n) is 1.92. The van der Waals surface area contributed by atoms with E-state index in [4.69, 9.17) is 10.5 Å². The zero-order valence-electron chi connectivity index (χ0n) is 14.1. The average Bonchev–Trinajstić information content (AvgIpc) is 3.08. The van der Waals surface area contributed by atoms with E-state index in [2.05, 4.69) is 30.9 Å². The summed E-state index contributed by atoms with van der Waals surface area (Å²) in [6, 6.07) is 10.4. The van der Waals surface area contributed by atoms with Crippen LogP contribution < -0.4 is 45.3 Å². The van der Waals surface area contributed by atoms with Crippen molar-refractivity contribution >= 4 is 17.5 Å². The number of amides is 1. The Morgan fingerprint density at radius 3 is 2.67 bits per heavy atom. The third-order valence-corrected chi connectivity index (χ3v) is 3.04. The van der Waals surface area contributed by atoms with Crippen molar-refractivity contribution in [3.05, 3.63) is 42.1 Å². The molecule has 3 rings (SSSR count). The average molecular weight is 335 g/mol. The summed E-state index contributed by atoms with van der Waals surface area (Å²) < 4.78 is 5.23. The first-order valence-corrected chi connectivity index (χ1v) is 6.62. The minimum Gasteiger partial charge on any atom is -1.00 e. The summed E-state index contributed by atoms with van der Waals surface area (Å²) in [4.78, 5) is 16.6. The van der Waals surface area contributed by atoms with Crippen molar-refractivity contribution in [2.45, 2.75) is 0 Å². The van der Waals surface area contributed by atoms with Crippen LogP contribution in [0, 0.1) is 0 Å². The molecular weight excluding hydrogens is 321 g/mol. The van der Waals surface area contributed by atoms with Gasteiger partial charge in [0.15, 0.2) is 0 Å². The Balaban J connectivity index is 0.00000156. The van der Waals surface area contributed by atoms with Crippen LogP contribution in [0.4, 0.5) is 11.6 Å². The van der Waals surface area contributed by atoms with Crippen LogP contribution in [0.1, 0.15) is 11.9 Å². The maximum atomic E-state index is 12.2. The number of anilines is 2. The van der Waals surface area contributed by atoms with Gasteiger partial charge in [-0.25, -0.2) is 4.98 Å². The maximum Gasteiger partial charge on any atom is 1.00 e. The van der Waals surface area contributed by atoms with E-state index in [1.807, 2.05) is 12.1 Å². The predicted octanol–water partition coefficient (Wildman–Crippen LogP) is -1.78. The molecule has 0 aliphatic heterocycles. The summed E-state index contributed by atoms with van der Waals surface area (Å²) >= 11 is 0. The molecule has 0 aliphatic rings. The number of aromatic nitrogens is 5. The SMILES string of the molecule is COc1cc(C(=O)Nc2nn[nH]n2)nc(-c2ccc(N)cc2)c1.[H-].[Na+]. The van der Waals surface area contributed by atoms with Gasteiger partial charge >= 0.3 is 29.6 Å². The number of methoxy groups -OCH3 is 1. The number of ether oxygens (including phenoxy) is 1. The molecule has 10 heteroatoms. The molecule has 2 heterocycles. The van der Waals surface area contributed by atoms with Gasteiger partial charge in [0.1, 0.15) is 11.4 Å². The van der Waals surface area contributed by atoms with E-state index in [0.29, 0.717) is 17.1 Å². The van der Waals surface area contributed by atoms with Crippen molar-refractivity contribution in [3.8, 4) is 17.0 Å². The van der Waals surface area contributed by atoms with Crippen LogP contribution in [0.2, 0.25) is 0 Å². The number of nitrogens with two attached hydrogens (primary N) is 1. The van der Waals surface area contributed by atoms with Gasteiger partial charge in [-0.3, -0.25) is 10.1 Å². The van der Waals surface area contributed by atoms with Crippen molar-refractivity contribution in [2.75, 3.05) is 18.2 Å². The van der Waals surface area contributed by atoms with Gasteiger partial charge in [0.05, 0.1) is 12.8 Å². The second-order valence-electron chi connectivity index (χ2n) is 4.59. The summed E-state index contributed by atoms with van der Waals surface area (Å²) in [5, 5.41) is 15.4. The zero-order valence-corrected chi connectivity index (χ0v) is 15.1. The minimum atomic E-state index is -0.470. The Kier molecular flexibility index (Phi) is 5.85. The Morgan fingerprint density at radius 1 is 1.29 bits per heavy atom. The standard InChI is InChI=1S/C14H13N7O2.Na.H/c1-23-10-6-11(8-2-4-9(15)5-3-8)16-12(7-10)13(22)17-14-18-20-21-19-14;;/h2-7H,15H2,1H3,(H2,17,18,19,20,21,22);;/q;+1;-1. The molecule has 0 atom stereocenters. The molecule has 118 valence electrons. The van der Waals surface area contributed by atoms with Crippen LogP contribution >= 0.6 is 0 Å². The normalized spacial score (nSPS) is 9.88. The number of aromatic amines is 1.